The number of anilines is 2. The molecule has 1 unspecified atom stereocenters. The van der Waals surface area contributed by atoms with Crippen LogP contribution in [0.25, 0.3) is 0 Å². The Morgan fingerprint density at radius 2 is 2.29 bits per heavy atom. The summed E-state index contributed by atoms with van der Waals surface area (Å²) in [6.45, 7) is 0. The van der Waals surface area contributed by atoms with E-state index in [2.05, 4.69) is 14.7 Å². The summed E-state index contributed by atoms with van der Waals surface area (Å²) in [5.74, 6) is -0.617. The van der Waals surface area contributed by atoms with Crippen LogP contribution < -0.4 is 4.90 Å². The zero-order chi connectivity index (χ0) is 11.8. The number of carboxylic acid groups (broad SMARTS) is 1. The number of fused-ring (bicyclic) bond motifs is 1. The highest BCUT2D eigenvalue weighted by atomic mass is 16.5. The highest BCUT2D eigenvalue weighted by Crippen LogP contribution is 2.36. The zero-order valence-corrected chi connectivity index (χ0v) is 8.78. The van der Waals surface area contributed by atoms with E-state index in [0.717, 1.165) is 11.3 Å². The van der Waals surface area contributed by atoms with Crippen LogP contribution in [0.3, 0.4) is 0 Å². The van der Waals surface area contributed by atoms with E-state index in [4.69, 9.17) is 0 Å². The predicted molar refractivity (Wildman–Crippen MR) is 58.0 cm³/mol. The fraction of sp³-hybridized carbons (Fsp3) is 0.182. The molecule has 0 saturated carbocycles. The molecular weight excluding hydrogens is 222 g/mol. The Hall–Kier alpha value is -2.37. The van der Waals surface area contributed by atoms with Gasteiger partial charge in [-0.2, -0.15) is 4.98 Å². The molecule has 86 valence electrons. The van der Waals surface area contributed by atoms with Crippen LogP contribution in [-0.2, 0) is 11.2 Å². The van der Waals surface area contributed by atoms with Gasteiger partial charge in [-0.1, -0.05) is 18.2 Å². The number of carbonyl (C=O) groups is 1. The maximum Gasteiger partial charge on any atom is 0.327 e. The average Bonchev–Trinajstić information content (AvgIpc) is 2.94. The van der Waals surface area contributed by atoms with E-state index in [1.807, 2.05) is 24.3 Å². The monoisotopic (exact) mass is 231 g/mol. The second-order valence-electron chi connectivity index (χ2n) is 3.79. The molecule has 1 aromatic heterocycles. The molecule has 3 rings (SSSR count). The third-order valence-electron chi connectivity index (χ3n) is 2.83. The van der Waals surface area contributed by atoms with E-state index in [1.165, 1.54) is 6.39 Å². The Kier molecular flexibility index (Phi) is 2.07. The molecule has 0 aliphatic carbocycles. The first kappa shape index (κ1) is 9.83. The molecule has 2 aromatic rings. The maximum atomic E-state index is 11.2. The van der Waals surface area contributed by atoms with Crippen LogP contribution in [0.4, 0.5) is 11.6 Å². The van der Waals surface area contributed by atoms with Gasteiger partial charge in [-0.3, -0.25) is 4.90 Å². The zero-order valence-electron chi connectivity index (χ0n) is 8.78. The van der Waals surface area contributed by atoms with Crippen molar-refractivity contribution in [3.63, 3.8) is 0 Å². The van der Waals surface area contributed by atoms with E-state index in [0.29, 0.717) is 6.42 Å². The summed E-state index contributed by atoms with van der Waals surface area (Å²) in [7, 11) is 0. The van der Waals surface area contributed by atoms with Crippen molar-refractivity contribution in [2.24, 2.45) is 0 Å². The van der Waals surface area contributed by atoms with Crippen molar-refractivity contribution in [1.29, 1.82) is 0 Å². The minimum absolute atomic E-state index is 0.280. The van der Waals surface area contributed by atoms with Gasteiger partial charge in [0, 0.05) is 12.1 Å². The molecule has 2 heterocycles. The molecule has 0 spiro atoms. The number of para-hydroxylation sites is 1. The van der Waals surface area contributed by atoms with Crippen molar-refractivity contribution in [1.82, 2.24) is 10.1 Å². The molecular formula is C11H9N3O3. The fourth-order valence-corrected chi connectivity index (χ4v) is 2.10. The summed E-state index contributed by atoms with van der Waals surface area (Å²) < 4.78 is 4.67. The lowest BCUT2D eigenvalue weighted by molar-refractivity contribution is -0.138. The van der Waals surface area contributed by atoms with Crippen molar-refractivity contribution in [2.75, 3.05) is 4.90 Å². The lowest BCUT2D eigenvalue weighted by Gasteiger charge is -2.19. The standard InChI is InChI=1S/C11H9N3O3/c15-10(16)9-5-7-3-1-2-4-8(7)14(9)11-12-6-17-13-11/h1-4,6,9H,5H2,(H,15,16). The van der Waals surface area contributed by atoms with Gasteiger partial charge in [0.15, 0.2) is 0 Å². The highest BCUT2D eigenvalue weighted by molar-refractivity contribution is 5.85. The molecule has 6 nitrogen and oxygen atoms in total. The first-order valence-corrected chi connectivity index (χ1v) is 5.13. The van der Waals surface area contributed by atoms with Crippen molar-refractivity contribution in [2.45, 2.75) is 12.5 Å². The Morgan fingerprint density at radius 3 is 3.00 bits per heavy atom. The summed E-state index contributed by atoms with van der Waals surface area (Å²) in [5.41, 5.74) is 1.80. The lowest BCUT2D eigenvalue weighted by Crippen LogP contribution is -2.35. The lowest BCUT2D eigenvalue weighted by atomic mass is 10.1. The molecule has 1 aliphatic heterocycles. The molecule has 0 saturated heterocycles. The molecule has 0 fully saturated rings. The van der Waals surface area contributed by atoms with Gasteiger partial charge in [0.2, 0.25) is 6.39 Å². The maximum absolute atomic E-state index is 11.2. The molecule has 1 atom stereocenters. The van der Waals surface area contributed by atoms with Crippen molar-refractivity contribution >= 4 is 17.6 Å². The Bertz CT molecular complexity index is 553. The Morgan fingerprint density at radius 1 is 1.47 bits per heavy atom. The highest BCUT2D eigenvalue weighted by Gasteiger charge is 2.37. The van der Waals surface area contributed by atoms with Crippen LogP contribution in [-0.4, -0.2) is 27.3 Å². The summed E-state index contributed by atoms with van der Waals surface area (Å²) in [6.07, 6.45) is 1.63. The van der Waals surface area contributed by atoms with Gasteiger partial charge >= 0.3 is 5.97 Å². The number of aromatic nitrogens is 2. The van der Waals surface area contributed by atoms with Gasteiger partial charge in [0.05, 0.1) is 0 Å². The van der Waals surface area contributed by atoms with Crippen LogP contribution in [0.15, 0.2) is 35.2 Å². The topological polar surface area (TPSA) is 79.5 Å². The average molecular weight is 231 g/mol. The molecule has 6 heteroatoms. The second-order valence-corrected chi connectivity index (χ2v) is 3.79. The first-order chi connectivity index (χ1) is 8.27. The Labute approximate surface area is 96.5 Å². The summed E-state index contributed by atoms with van der Waals surface area (Å²) in [6, 6.07) is 6.83. The molecule has 1 aromatic carbocycles. The second kappa shape index (κ2) is 3.58. The van der Waals surface area contributed by atoms with Crippen LogP contribution >= 0.6 is 0 Å². The number of carboxylic acids is 1. The molecule has 1 N–H and O–H groups in total. The summed E-state index contributed by atoms with van der Waals surface area (Å²) in [5, 5.41) is 12.9. The number of hydrogen-bond acceptors (Lipinski definition) is 5. The van der Waals surface area contributed by atoms with Crippen molar-refractivity contribution in [3.05, 3.63) is 36.2 Å². The first-order valence-electron chi connectivity index (χ1n) is 5.13. The van der Waals surface area contributed by atoms with Gasteiger partial charge in [-0.05, 0) is 16.8 Å². The van der Waals surface area contributed by atoms with E-state index < -0.39 is 12.0 Å². The molecule has 1 aliphatic rings. The minimum atomic E-state index is -0.897. The van der Waals surface area contributed by atoms with Gasteiger partial charge in [-0.15, -0.1) is 0 Å². The van der Waals surface area contributed by atoms with Crippen molar-refractivity contribution < 1.29 is 14.4 Å². The molecule has 0 amide bonds. The number of rotatable bonds is 2. The summed E-state index contributed by atoms with van der Waals surface area (Å²) in [4.78, 5) is 16.7. The summed E-state index contributed by atoms with van der Waals surface area (Å²) >= 11 is 0. The van der Waals surface area contributed by atoms with Gasteiger partial charge in [0.1, 0.15) is 6.04 Å². The molecule has 0 bridgehead atoms. The van der Waals surface area contributed by atoms with Gasteiger partial charge in [-0.25, -0.2) is 4.79 Å². The van der Waals surface area contributed by atoms with E-state index in [1.54, 1.807) is 4.90 Å². The number of aliphatic carboxylic acids is 1. The quantitative estimate of drug-likeness (QED) is 0.837. The normalized spacial score (nSPS) is 18.1. The van der Waals surface area contributed by atoms with Gasteiger partial charge in [0.25, 0.3) is 5.95 Å². The molecule has 0 radical (unpaired) electrons. The van der Waals surface area contributed by atoms with E-state index >= 15 is 0 Å². The smallest absolute Gasteiger partial charge is 0.327 e. The number of benzene rings is 1. The Balaban J connectivity index is 2.11. The molecule has 17 heavy (non-hydrogen) atoms. The number of nitrogens with zero attached hydrogens (tertiary/aromatic N) is 3. The van der Waals surface area contributed by atoms with Crippen LogP contribution in [0, 0.1) is 0 Å². The SMILES string of the molecule is O=C(O)C1Cc2ccccc2N1c1ncon1. The predicted octanol–water partition coefficient (Wildman–Crippen LogP) is 1.22. The van der Waals surface area contributed by atoms with Crippen molar-refractivity contribution in [3.8, 4) is 0 Å². The van der Waals surface area contributed by atoms with Crippen LogP contribution in [0.1, 0.15) is 5.56 Å². The van der Waals surface area contributed by atoms with Crippen LogP contribution in [0.2, 0.25) is 0 Å². The third-order valence-corrected chi connectivity index (χ3v) is 2.83. The van der Waals surface area contributed by atoms with E-state index in [9.17, 15) is 9.90 Å². The van der Waals surface area contributed by atoms with Crippen LogP contribution in [0.5, 0.6) is 0 Å². The largest absolute Gasteiger partial charge is 0.480 e. The fourth-order valence-electron chi connectivity index (χ4n) is 2.10. The third kappa shape index (κ3) is 1.45. The van der Waals surface area contributed by atoms with E-state index in [-0.39, 0.29) is 5.95 Å². The number of hydrogen-bond donors (Lipinski definition) is 1. The van der Waals surface area contributed by atoms with Gasteiger partial charge < -0.3 is 9.63 Å². The minimum Gasteiger partial charge on any atom is -0.480 e.